The SMILES string of the molecule is C=C1Nc2cc(N)c(C(=N)c3ccnc(C)c3)cc2CN1C1CCCCC1. The lowest BCUT2D eigenvalue weighted by Gasteiger charge is -2.41. The van der Waals surface area contributed by atoms with Crippen molar-refractivity contribution >= 4 is 17.1 Å². The lowest BCUT2D eigenvalue weighted by molar-refractivity contribution is 0.191. The van der Waals surface area contributed by atoms with E-state index in [1.807, 2.05) is 25.1 Å². The molecule has 140 valence electrons. The van der Waals surface area contributed by atoms with E-state index in [2.05, 4.69) is 27.8 Å². The highest BCUT2D eigenvalue weighted by molar-refractivity contribution is 6.14. The summed E-state index contributed by atoms with van der Waals surface area (Å²) in [5.41, 5.74) is 12.0. The Labute approximate surface area is 160 Å². The minimum Gasteiger partial charge on any atom is -0.398 e. The van der Waals surface area contributed by atoms with Gasteiger partial charge >= 0.3 is 0 Å². The Bertz CT molecular complexity index is 896. The van der Waals surface area contributed by atoms with Crippen molar-refractivity contribution in [2.45, 2.75) is 51.6 Å². The number of nitrogens with one attached hydrogen (secondary N) is 2. The number of hydrogen-bond acceptors (Lipinski definition) is 5. The molecule has 1 saturated carbocycles. The van der Waals surface area contributed by atoms with Gasteiger partial charge in [-0.2, -0.15) is 0 Å². The van der Waals surface area contributed by atoms with Crippen LogP contribution in [0.3, 0.4) is 0 Å². The van der Waals surface area contributed by atoms with E-state index in [4.69, 9.17) is 11.1 Å². The molecule has 4 N–H and O–H groups in total. The zero-order valence-corrected chi connectivity index (χ0v) is 15.9. The summed E-state index contributed by atoms with van der Waals surface area (Å²) in [5.74, 6) is 0.960. The number of aryl methyl sites for hydroxylation is 1. The first-order chi connectivity index (χ1) is 13.0. The fourth-order valence-corrected chi connectivity index (χ4v) is 4.23. The molecule has 5 nitrogen and oxygen atoms in total. The molecule has 27 heavy (non-hydrogen) atoms. The molecule has 0 bridgehead atoms. The standard InChI is InChI=1S/C22H27N5/c1-14-10-16(8-9-25-14)22(24)19-11-17-13-27(18-6-4-3-5-7-18)15(2)26-21(17)12-20(19)23/h8-12,18,24,26H,2-7,13,23H2,1H3. The largest absolute Gasteiger partial charge is 0.398 e. The van der Waals surface area contributed by atoms with Crippen LogP contribution in [0.2, 0.25) is 0 Å². The minimum absolute atomic E-state index is 0.439. The van der Waals surface area contributed by atoms with Gasteiger partial charge in [-0.15, -0.1) is 0 Å². The molecule has 1 aromatic carbocycles. The number of rotatable bonds is 3. The van der Waals surface area contributed by atoms with Gasteiger partial charge in [0, 0.05) is 47.0 Å². The predicted octanol–water partition coefficient (Wildman–Crippen LogP) is 4.42. The van der Waals surface area contributed by atoms with Crippen LogP contribution in [0.15, 0.2) is 42.9 Å². The predicted molar refractivity (Wildman–Crippen MR) is 111 cm³/mol. The molecule has 0 amide bonds. The number of nitrogens with two attached hydrogens (primary N) is 1. The van der Waals surface area contributed by atoms with Crippen LogP contribution < -0.4 is 11.1 Å². The van der Waals surface area contributed by atoms with Crippen molar-refractivity contribution < 1.29 is 0 Å². The summed E-state index contributed by atoms with van der Waals surface area (Å²) in [6.45, 7) is 7.00. The quantitative estimate of drug-likeness (QED) is 0.558. The van der Waals surface area contributed by atoms with Gasteiger partial charge in [0.05, 0.1) is 11.5 Å². The van der Waals surface area contributed by atoms with Gasteiger partial charge in [0.25, 0.3) is 0 Å². The molecule has 1 aliphatic heterocycles. The maximum atomic E-state index is 8.65. The van der Waals surface area contributed by atoms with Gasteiger partial charge in [-0.1, -0.05) is 25.8 Å². The summed E-state index contributed by atoms with van der Waals surface area (Å²) in [4.78, 5) is 6.61. The van der Waals surface area contributed by atoms with E-state index >= 15 is 0 Å². The number of fused-ring (bicyclic) bond motifs is 1. The molecule has 0 saturated heterocycles. The fourth-order valence-electron chi connectivity index (χ4n) is 4.23. The molecule has 0 radical (unpaired) electrons. The van der Waals surface area contributed by atoms with Crippen molar-refractivity contribution in [3.05, 3.63) is 65.2 Å². The highest BCUT2D eigenvalue weighted by Gasteiger charge is 2.27. The summed E-state index contributed by atoms with van der Waals surface area (Å²) < 4.78 is 0. The third-order valence-electron chi connectivity index (χ3n) is 5.71. The third kappa shape index (κ3) is 3.42. The molecular formula is C22H27N5. The fraction of sp³-hybridized carbons (Fsp3) is 0.364. The lowest BCUT2D eigenvalue weighted by Crippen LogP contribution is -2.40. The Morgan fingerprint density at radius 1 is 1.26 bits per heavy atom. The Morgan fingerprint density at radius 2 is 2.04 bits per heavy atom. The maximum absolute atomic E-state index is 8.65. The van der Waals surface area contributed by atoms with E-state index in [1.54, 1.807) is 6.20 Å². The van der Waals surface area contributed by atoms with Crippen molar-refractivity contribution in [1.82, 2.24) is 9.88 Å². The van der Waals surface area contributed by atoms with Gasteiger partial charge < -0.3 is 16.0 Å². The first-order valence-corrected chi connectivity index (χ1v) is 9.70. The summed E-state index contributed by atoms with van der Waals surface area (Å²) in [5, 5.41) is 12.1. The molecule has 1 fully saturated rings. The van der Waals surface area contributed by atoms with Crippen LogP contribution in [0.1, 0.15) is 54.5 Å². The molecule has 0 unspecified atom stereocenters. The first-order valence-electron chi connectivity index (χ1n) is 9.70. The van der Waals surface area contributed by atoms with Crippen LogP contribution in [0.25, 0.3) is 0 Å². The summed E-state index contributed by atoms with van der Waals surface area (Å²) in [7, 11) is 0. The van der Waals surface area contributed by atoms with Crippen molar-refractivity contribution in [3.8, 4) is 0 Å². The highest BCUT2D eigenvalue weighted by atomic mass is 15.3. The number of aromatic nitrogens is 1. The molecule has 2 aliphatic rings. The Kier molecular flexibility index (Phi) is 4.60. The van der Waals surface area contributed by atoms with Crippen molar-refractivity contribution in [2.24, 2.45) is 0 Å². The number of anilines is 2. The lowest BCUT2D eigenvalue weighted by atomic mass is 9.92. The first kappa shape index (κ1) is 17.6. The van der Waals surface area contributed by atoms with Gasteiger partial charge in [0.2, 0.25) is 0 Å². The molecule has 2 aromatic rings. The highest BCUT2D eigenvalue weighted by Crippen LogP contribution is 2.35. The van der Waals surface area contributed by atoms with Crippen LogP contribution in [0.5, 0.6) is 0 Å². The normalized spacial score (nSPS) is 17.4. The third-order valence-corrected chi connectivity index (χ3v) is 5.71. The smallest absolute Gasteiger partial charge is 0.0989 e. The average molecular weight is 361 g/mol. The molecular weight excluding hydrogens is 334 g/mol. The average Bonchev–Trinajstić information content (AvgIpc) is 2.67. The van der Waals surface area contributed by atoms with Crippen LogP contribution in [-0.4, -0.2) is 21.6 Å². The molecule has 0 atom stereocenters. The number of nitrogen functional groups attached to an aromatic ring is 1. The summed E-state index contributed by atoms with van der Waals surface area (Å²) in [6, 6.07) is 8.35. The Balaban J connectivity index is 1.65. The van der Waals surface area contributed by atoms with Crippen LogP contribution in [-0.2, 0) is 6.54 Å². The van der Waals surface area contributed by atoms with E-state index in [1.165, 1.54) is 37.7 Å². The molecule has 5 heteroatoms. The Hall–Kier alpha value is -2.82. The second-order valence-electron chi connectivity index (χ2n) is 7.65. The van der Waals surface area contributed by atoms with Crippen LogP contribution in [0.4, 0.5) is 11.4 Å². The monoisotopic (exact) mass is 361 g/mol. The second-order valence-corrected chi connectivity index (χ2v) is 7.65. The molecule has 1 aromatic heterocycles. The van der Waals surface area contributed by atoms with Gasteiger partial charge in [0.1, 0.15) is 0 Å². The summed E-state index contributed by atoms with van der Waals surface area (Å²) in [6.07, 6.45) is 8.11. The topological polar surface area (TPSA) is 78.0 Å². The number of nitrogens with zero attached hydrogens (tertiary/aromatic N) is 2. The summed E-state index contributed by atoms with van der Waals surface area (Å²) >= 11 is 0. The maximum Gasteiger partial charge on any atom is 0.0989 e. The second kappa shape index (κ2) is 7.06. The van der Waals surface area contributed by atoms with Gasteiger partial charge in [-0.05, 0) is 49.6 Å². The number of pyridine rings is 1. The Morgan fingerprint density at radius 3 is 2.78 bits per heavy atom. The van der Waals surface area contributed by atoms with Crippen molar-refractivity contribution in [1.29, 1.82) is 5.41 Å². The van der Waals surface area contributed by atoms with E-state index < -0.39 is 0 Å². The van der Waals surface area contributed by atoms with E-state index in [9.17, 15) is 0 Å². The molecule has 4 rings (SSSR count). The van der Waals surface area contributed by atoms with Gasteiger partial charge in [-0.25, -0.2) is 0 Å². The molecule has 2 heterocycles. The number of benzene rings is 1. The van der Waals surface area contributed by atoms with E-state index in [0.29, 0.717) is 17.4 Å². The zero-order valence-electron chi connectivity index (χ0n) is 15.9. The van der Waals surface area contributed by atoms with Crippen molar-refractivity contribution in [2.75, 3.05) is 11.1 Å². The van der Waals surface area contributed by atoms with Gasteiger partial charge in [0.15, 0.2) is 0 Å². The zero-order chi connectivity index (χ0) is 19.0. The molecule has 0 spiro atoms. The van der Waals surface area contributed by atoms with Crippen LogP contribution >= 0.6 is 0 Å². The molecule has 1 aliphatic carbocycles. The minimum atomic E-state index is 0.439. The van der Waals surface area contributed by atoms with E-state index in [-0.39, 0.29) is 0 Å². The van der Waals surface area contributed by atoms with E-state index in [0.717, 1.165) is 34.9 Å². The van der Waals surface area contributed by atoms with Gasteiger partial charge in [-0.3, -0.25) is 10.4 Å². The van der Waals surface area contributed by atoms with Crippen molar-refractivity contribution in [3.63, 3.8) is 0 Å². The number of hydrogen-bond donors (Lipinski definition) is 3. The van der Waals surface area contributed by atoms with Crippen LogP contribution in [0, 0.1) is 12.3 Å².